The van der Waals surface area contributed by atoms with Gasteiger partial charge in [-0.2, -0.15) is 0 Å². The second-order valence-corrected chi connectivity index (χ2v) is 4.26. The van der Waals surface area contributed by atoms with Gasteiger partial charge >= 0.3 is 5.97 Å². The maximum absolute atomic E-state index is 10.7. The van der Waals surface area contributed by atoms with Gasteiger partial charge in [0.25, 0.3) is 0 Å². The zero-order chi connectivity index (χ0) is 11.4. The lowest BCUT2D eigenvalue weighted by atomic mass is 10.0. The van der Waals surface area contributed by atoms with Gasteiger partial charge in [-0.05, 0) is 31.4 Å². The Kier molecular flexibility index (Phi) is 3.44. The summed E-state index contributed by atoms with van der Waals surface area (Å²) in [5, 5.41) is 8.80. The molecule has 0 heterocycles. The molecule has 1 fully saturated rings. The third-order valence-corrected chi connectivity index (χ3v) is 3.06. The van der Waals surface area contributed by atoms with E-state index in [1.54, 1.807) is 0 Å². The van der Waals surface area contributed by atoms with Gasteiger partial charge in [-0.3, -0.25) is 4.79 Å². The molecule has 0 aromatic heterocycles. The van der Waals surface area contributed by atoms with Crippen molar-refractivity contribution >= 4 is 5.97 Å². The van der Waals surface area contributed by atoms with Crippen molar-refractivity contribution in [1.82, 2.24) is 0 Å². The van der Waals surface area contributed by atoms with E-state index in [4.69, 9.17) is 9.84 Å². The van der Waals surface area contributed by atoms with Gasteiger partial charge in [-0.15, -0.1) is 0 Å². The van der Waals surface area contributed by atoms with Gasteiger partial charge in [0.1, 0.15) is 11.9 Å². The Hall–Kier alpha value is -1.51. The second-order valence-electron chi connectivity index (χ2n) is 4.26. The fourth-order valence-corrected chi connectivity index (χ4v) is 2.29. The summed E-state index contributed by atoms with van der Waals surface area (Å²) in [7, 11) is 0. The number of hydrogen-bond acceptors (Lipinski definition) is 2. The normalized spacial score (nSPS) is 24.2. The molecule has 1 aromatic rings. The molecule has 1 aliphatic rings. The minimum absolute atomic E-state index is 0.0681. The number of aliphatic carboxylic acids is 1. The molecule has 0 bridgehead atoms. The third-order valence-electron chi connectivity index (χ3n) is 3.06. The first-order valence-corrected chi connectivity index (χ1v) is 5.69. The first-order valence-electron chi connectivity index (χ1n) is 5.69. The predicted octanol–water partition coefficient (Wildman–Crippen LogP) is 2.71. The van der Waals surface area contributed by atoms with E-state index >= 15 is 0 Å². The van der Waals surface area contributed by atoms with E-state index in [9.17, 15) is 4.79 Å². The van der Waals surface area contributed by atoms with Gasteiger partial charge in [0.2, 0.25) is 0 Å². The molecule has 2 rings (SSSR count). The van der Waals surface area contributed by atoms with Crippen molar-refractivity contribution in [2.45, 2.75) is 31.8 Å². The molecule has 1 saturated carbocycles. The molecule has 0 aliphatic heterocycles. The minimum atomic E-state index is -0.728. The van der Waals surface area contributed by atoms with Gasteiger partial charge in [-0.25, -0.2) is 0 Å². The number of para-hydroxylation sites is 1. The highest BCUT2D eigenvalue weighted by Gasteiger charge is 2.30. The molecule has 0 spiro atoms. The van der Waals surface area contributed by atoms with E-state index < -0.39 is 5.97 Å². The molecule has 0 radical (unpaired) electrons. The number of carboxylic acids is 1. The van der Waals surface area contributed by atoms with Crippen LogP contribution in [0.4, 0.5) is 0 Å². The first-order chi connectivity index (χ1) is 7.75. The molecule has 2 unspecified atom stereocenters. The van der Waals surface area contributed by atoms with Crippen LogP contribution in [0, 0.1) is 5.92 Å². The fourth-order valence-electron chi connectivity index (χ4n) is 2.29. The first kappa shape index (κ1) is 11.0. The van der Waals surface area contributed by atoms with Crippen LogP contribution >= 0.6 is 0 Å². The summed E-state index contributed by atoms with van der Waals surface area (Å²) in [4.78, 5) is 10.7. The van der Waals surface area contributed by atoms with Gasteiger partial charge in [0, 0.05) is 5.92 Å². The van der Waals surface area contributed by atoms with Crippen LogP contribution in [-0.4, -0.2) is 17.2 Å². The highest BCUT2D eigenvalue weighted by atomic mass is 16.5. The summed E-state index contributed by atoms with van der Waals surface area (Å²) in [6.45, 7) is 0. The van der Waals surface area contributed by atoms with Gasteiger partial charge in [-0.1, -0.05) is 18.2 Å². The molecule has 3 heteroatoms. The fraction of sp³-hybridized carbons (Fsp3) is 0.462. The van der Waals surface area contributed by atoms with Crippen LogP contribution < -0.4 is 4.74 Å². The largest absolute Gasteiger partial charge is 0.490 e. The van der Waals surface area contributed by atoms with Crippen molar-refractivity contribution in [3.63, 3.8) is 0 Å². The Morgan fingerprint density at radius 1 is 1.31 bits per heavy atom. The van der Waals surface area contributed by atoms with Gasteiger partial charge < -0.3 is 9.84 Å². The van der Waals surface area contributed by atoms with Gasteiger partial charge in [0.05, 0.1) is 6.42 Å². The number of carbonyl (C=O) groups is 1. The van der Waals surface area contributed by atoms with Crippen LogP contribution in [-0.2, 0) is 4.79 Å². The number of hydrogen-bond donors (Lipinski definition) is 1. The summed E-state index contributed by atoms with van der Waals surface area (Å²) in [5.41, 5.74) is 0. The summed E-state index contributed by atoms with van der Waals surface area (Å²) in [6, 6.07) is 9.62. The quantitative estimate of drug-likeness (QED) is 0.848. The van der Waals surface area contributed by atoms with Crippen LogP contribution in [0.5, 0.6) is 5.75 Å². The molecule has 3 nitrogen and oxygen atoms in total. The Balaban J connectivity index is 1.96. The molecule has 0 amide bonds. The van der Waals surface area contributed by atoms with Crippen molar-refractivity contribution in [3.05, 3.63) is 30.3 Å². The minimum Gasteiger partial charge on any atom is -0.490 e. The van der Waals surface area contributed by atoms with E-state index in [0.29, 0.717) is 0 Å². The number of carboxylic acid groups (broad SMARTS) is 1. The Morgan fingerprint density at radius 3 is 2.75 bits per heavy atom. The summed E-state index contributed by atoms with van der Waals surface area (Å²) in [5.74, 6) is 0.274. The van der Waals surface area contributed by atoms with Crippen molar-refractivity contribution in [2.75, 3.05) is 0 Å². The molecular weight excluding hydrogens is 204 g/mol. The average molecular weight is 220 g/mol. The van der Waals surface area contributed by atoms with Crippen molar-refractivity contribution in [3.8, 4) is 5.75 Å². The van der Waals surface area contributed by atoms with E-state index in [-0.39, 0.29) is 18.4 Å². The smallest absolute Gasteiger partial charge is 0.303 e. The highest BCUT2D eigenvalue weighted by molar-refractivity contribution is 5.67. The Bertz CT molecular complexity index is 347. The van der Waals surface area contributed by atoms with Crippen LogP contribution in [0.2, 0.25) is 0 Å². The maximum atomic E-state index is 10.7. The molecule has 1 aliphatic carbocycles. The highest BCUT2D eigenvalue weighted by Crippen LogP contribution is 2.31. The van der Waals surface area contributed by atoms with Crippen molar-refractivity contribution in [2.24, 2.45) is 5.92 Å². The number of ether oxygens (including phenoxy) is 1. The zero-order valence-corrected chi connectivity index (χ0v) is 9.13. The van der Waals surface area contributed by atoms with E-state index in [2.05, 4.69) is 0 Å². The van der Waals surface area contributed by atoms with Crippen LogP contribution in [0.1, 0.15) is 25.7 Å². The summed E-state index contributed by atoms with van der Waals surface area (Å²) >= 11 is 0. The van der Waals surface area contributed by atoms with Crippen LogP contribution in [0.15, 0.2) is 30.3 Å². The molecule has 1 N–H and O–H groups in total. The lowest BCUT2D eigenvalue weighted by Crippen LogP contribution is -2.23. The standard InChI is InChI=1S/C13H16O3/c14-13(15)9-10-5-4-8-12(10)16-11-6-2-1-3-7-11/h1-3,6-7,10,12H,4-5,8-9H2,(H,14,15). The molecular formula is C13H16O3. The summed E-state index contributed by atoms with van der Waals surface area (Å²) in [6.07, 6.45) is 3.28. The molecule has 0 saturated heterocycles. The third kappa shape index (κ3) is 2.75. The zero-order valence-electron chi connectivity index (χ0n) is 9.13. The number of benzene rings is 1. The van der Waals surface area contributed by atoms with E-state index in [1.807, 2.05) is 30.3 Å². The van der Waals surface area contributed by atoms with Crippen molar-refractivity contribution in [1.29, 1.82) is 0 Å². The molecule has 2 atom stereocenters. The topological polar surface area (TPSA) is 46.5 Å². The lowest BCUT2D eigenvalue weighted by Gasteiger charge is -2.19. The monoisotopic (exact) mass is 220 g/mol. The van der Waals surface area contributed by atoms with E-state index in [1.165, 1.54) is 0 Å². The Morgan fingerprint density at radius 2 is 2.06 bits per heavy atom. The molecule has 16 heavy (non-hydrogen) atoms. The number of rotatable bonds is 4. The Labute approximate surface area is 95.0 Å². The lowest BCUT2D eigenvalue weighted by molar-refractivity contribution is -0.138. The predicted molar refractivity (Wildman–Crippen MR) is 60.5 cm³/mol. The van der Waals surface area contributed by atoms with Crippen molar-refractivity contribution < 1.29 is 14.6 Å². The maximum Gasteiger partial charge on any atom is 0.303 e. The SMILES string of the molecule is O=C(O)CC1CCCC1Oc1ccccc1. The van der Waals surface area contributed by atoms with Crippen LogP contribution in [0.3, 0.4) is 0 Å². The molecule has 86 valence electrons. The average Bonchev–Trinajstić information content (AvgIpc) is 2.66. The van der Waals surface area contributed by atoms with E-state index in [0.717, 1.165) is 25.0 Å². The van der Waals surface area contributed by atoms with Gasteiger partial charge in [0.15, 0.2) is 0 Å². The molecule has 1 aromatic carbocycles. The summed E-state index contributed by atoms with van der Waals surface area (Å²) < 4.78 is 5.83. The van der Waals surface area contributed by atoms with Crippen LogP contribution in [0.25, 0.3) is 0 Å². The second kappa shape index (κ2) is 5.01.